The first-order valence-electron chi connectivity index (χ1n) is 4.75. The summed E-state index contributed by atoms with van der Waals surface area (Å²) in [6.07, 6.45) is 1.91. The summed E-state index contributed by atoms with van der Waals surface area (Å²) < 4.78 is 0. The topological polar surface area (TPSA) is 54.1 Å². The zero-order chi connectivity index (χ0) is 11.3. The number of thioether (sulfide) groups is 1. The Morgan fingerprint density at radius 1 is 1.13 bits per heavy atom. The zero-order valence-corrected chi connectivity index (χ0v) is 9.84. The van der Waals surface area contributed by atoms with Gasteiger partial charge in [-0.25, -0.2) is 0 Å². The molecule has 1 fully saturated rings. The van der Waals surface area contributed by atoms with Crippen molar-refractivity contribution in [2.24, 2.45) is 0 Å². The van der Waals surface area contributed by atoms with Crippen LogP contribution in [0.25, 0.3) is 0 Å². The first-order valence-corrected chi connectivity index (χ1v) is 5.97. The molecule has 5 heteroatoms. The summed E-state index contributed by atoms with van der Waals surface area (Å²) in [5.41, 5.74) is 0.229. The fraction of sp³-hybridized carbons (Fsp3) is 0.600. The van der Waals surface area contributed by atoms with Gasteiger partial charge >= 0.3 is 0 Å². The Labute approximate surface area is 94.8 Å². The van der Waals surface area contributed by atoms with Gasteiger partial charge in [-0.2, -0.15) is 10.5 Å². The van der Waals surface area contributed by atoms with Crippen LogP contribution < -0.4 is 0 Å². The van der Waals surface area contributed by atoms with Crippen molar-refractivity contribution in [3.8, 4) is 12.1 Å². The van der Waals surface area contributed by atoms with Crippen molar-refractivity contribution in [1.29, 1.82) is 10.5 Å². The minimum Gasteiger partial charge on any atom is -0.362 e. The molecule has 0 unspecified atom stereocenters. The van der Waals surface area contributed by atoms with Crippen LogP contribution in [0.1, 0.15) is 0 Å². The number of hydrogen-bond donors (Lipinski definition) is 0. The van der Waals surface area contributed by atoms with Gasteiger partial charge in [0.25, 0.3) is 0 Å². The lowest BCUT2D eigenvalue weighted by atomic mass is 10.3. The van der Waals surface area contributed by atoms with E-state index in [4.69, 9.17) is 10.5 Å². The Morgan fingerprint density at radius 2 is 1.67 bits per heavy atom. The van der Waals surface area contributed by atoms with Crippen LogP contribution in [-0.2, 0) is 0 Å². The van der Waals surface area contributed by atoms with Crippen molar-refractivity contribution < 1.29 is 0 Å². The van der Waals surface area contributed by atoms with Crippen LogP contribution in [0.2, 0.25) is 0 Å². The van der Waals surface area contributed by atoms with Gasteiger partial charge in [0.2, 0.25) is 0 Å². The Kier molecular flexibility index (Phi) is 4.48. The van der Waals surface area contributed by atoms with E-state index in [1.54, 1.807) is 0 Å². The maximum Gasteiger partial charge on any atom is 0.159 e. The van der Waals surface area contributed by atoms with E-state index < -0.39 is 0 Å². The van der Waals surface area contributed by atoms with Gasteiger partial charge in [-0.1, -0.05) is 0 Å². The minimum absolute atomic E-state index is 0.229. The van der Waals surface area contributed by atoms with Crippen molar-refractivity contribution in [3.63, 3.8) is 0 Å². The van der Waals surface area contributed by atoms with Crippen molar-refractivity contribution in [2.45, 2.75) is 0 Å². The molecule has 0 N–H and O–H groups in total. The van der Waals surface area contributed by atoms with Crippen LogP contribution in [0.3, 0.4) is 0 Å². The van der Waals surface area contributed by atoms with E-state index in [9.17, 15) is 0 Å². The lowest BCUT2D eigenvalue weighted by Crippen LogP contribution is -2.43. The van der Waals surface area contributed by atoms with Crippen LogP contribution in [0.15, 0.2) is 10.6 Å². The van der Waals surface area contributed by atoms with Gasteiger partial charge in [-0.05, 0) is 13.3 Å². The first-order chi connectivity index (χ1) is 7.22. The quantitative estimate of drug-likeness (QED) is 0.648. The third kappa shape index (κ3) is 2.89. The number of allylic oxidation sites excluding steroid dienone is 1. The predicted octanol–water partition coefficient (Wildman–Crippen LogP) is 0.856. The van der Waals surface area contributed by atoms with E-state index in [1.807, 2.05) is 18.4 Å². The molecule has 4 nitrogen and oxygen atoms in total. The molecule has 0 bridgehead atoms. The molecule has 1 aliphatic heterocycles. The standard InChI is InChI=1S/C10H14N4S/c1-13-3-5-14(6-4-13)10(15-2)9(7-11)8-12/h3-6H2,1-2H3. The predicted molar refractivity (Wildman–Crippen MR) is 60.8 cm³/mol. The summed E-state index contributed by atoms with van der Waals surface area (Å²) in [5.74, 6) is 0. The van der Waals surface area contributed by atoms with Crippen molar-refractivity contribution >= 4 is 11.8 Å². The van der Waals surface area contributed by atoms with Crippen molar-refractivity contribution in [2.75, 3.05) is 39.5 Å². The lowest BCUT2D eigenvalue weighted by molar-refractivity contribution is 0.194. The minimum atomic E-state index is 0.229. The summed E-state index contributed by atoms with van der Waals surface area (Å²) in [5, 5.41) is 18.5. The van der Waals surface area contributed by atoms with E-state index in [0.717, 1.165) is 31.2 Å². The second kappa shape index (κ2) is 5.65. The molecule has 0 spiro atoms. The molecule has 1 saturated heterocycles. The van der Waals surface area contributed by atoms with Gasteiger partial charge in [0.1, 0.15) is 12.1 Å². The summed E-state index contributed by atoms with van der Waals surface area (Å²) in [7, 11) is 2.08. The molecule has 0 aliphatic carbocycles. The number of piperazine rings is 1. The Bertz CT molecular complexity index is 312. The average Bonchev–Trinajstić information content (AvgIpc) is 2.27. The Hall–Kier alpha value is -1.17. The van der Waals surface area contributed by atoms with Gasteiger partial charge in [0, 0.05) is 26.2 Å². The maximum absolute atomic E-state index is 8.83. The highest BCUT2D eigenvalue weighted by Crippen LogP contribution is 2.22. The number of likely N-dealkylation sites (N-methyl/N-ethyl adjacent to an activating group) is 1. The average molecular weight is 222 g/mol. The monoisotopic (exact) mass is 222 g/mol. The number of nitrogens with zero attached hydrogens (tertiary/aromatic N) is 4. The van der Waals surface area contributed by atoms with Crippen LogP contribution in [-0.4, -0.2) is 49.3 Å². The van der Waals surface area contributed by atoms with E-state index in [1.165, 1.54) is 11.8 Å². The van der Waals surface area contributed by atoms with Gasteiger partial charge in [-0.3, -0.25) is 0 Å². The molecule has 1 aliphatic rings. The molecule has 0 aromatic rings. The molecule has 0 atom stereocenters. The number of rotatable bonds is 2. The normalized spacial score (nSPS) is 16.7. The maximum atomic E-state index is 8.83. The van der Waals surface area contributed by atoms with Crippen LogP contribution >= 0.6 is 11.8 Å². The van der Waals surface area contributed by atoms with Crippen molar-refractivity contribution in [3.05, 3.63) is 10.6 Å². The molecule has 15 heavy (non-hydrogen) atoms. The van der Waals surface area contributed by atoms with Crippen molar-refractivity contribution in [1.82, 2.24) is 9.80 Å². The van der Waals surface area contributed by atoms with Gasteiger partial charge < -0.3 is 9.80 Å². The summed E-state index contributed by atoms with van der Waals surface area (Å²) >= 11 is 1.48. The third-order valence-electron chi connectivity index (χ3n) is 2.42. The Balaban J connectivity index is 2.81. The molecule has 0 amide bonds. The van der Waals surface area contributed by atoms with E-state index in [-0.39, 0.29) is 5.57 Å². The fourth-order valence-electron chi connectivity index (χ4n) is 1.52. The van der Waals surface area contributed by atoms with E-state index in [0.29, 0.717) is 0 Å². The molecule has 1 rings (SSSR count). The molecule has 0 radical (unpaired) electrons. The Morgan fingerprint density at radius 3 is 2.07 bits per heavy atom. The molecule has 1 heterocycles. The molecule has 0 aromatic carbocycles. The molecule has 0 saturated carbocycles. The van der Waals surface area contributed by atoms with Crippen LogP contribution in [0.5, 0.6) is 0 Å². The lowest BCUT2D eigenvalue weighted by Gasteiger charge is -2.34. The highest BCUT2D eigenvalue weighted by atomic mass is 32.2. The molecule has 0 aromatic heterocycles. The summed E-state index contributed by atoms with van der Waals surface area (Å²) in [4.78, 5) is 4.36. The number of nitriles is 2. The first kappa shape index (κ1) is 11.9. The summed E-state index contributed by atoms with van der Waals surface area (Å²) in [6.45, 7) is 3.74. The SMILES string of the molecule is CSC(=C(C#N)C#N)N1CCN(C)CC1. The van der Waals surface area contributed by atoms with Gasteiger partial charge in [0.05, 0.1) is 5.03 Å². The van der Waals surface area contributed by atoms with Crippen LogP contribution in [0.4, 0.5) is 0 Å². The zero-order valence-electron chi connectivity index (χ0n) is 9.03. The van der Waals surface area contributed by atoms with E-state index in [2.05, 4.69) is 16.8 Å². The second-order valence-electron chi connectivity index (χ2n) is 3.40. The number of hydrogen-bond acceptors (Lipinski definition) is 5. The van der Waals surface area contributed by atoms with Gasteiger partial charge in [-0.15, -0.1) is 11.8 Å². The largest absolute Gasteiger partial charge is 0.362 e. The molecular weight excluding hydrogens is 208 g/mol. The second-order valence-corrected chi connectivity index (χ2v) is 4.19. The smallest absolute Gasteiger partial charge is 0.159 e. The fourth-order valence-corrected chi connectivity index (χ4v) is 2.26. The van der Waals surface area contributed by atoms with E-state index >= 15 is 0 Å². The third-order valence-corrected chi connectivity index (χ3v) is 3.27. The van der Waals surface area contributed by atoms with Gasteiger partial charge in [0.15, 0.2) is 5.57 Å². The highest BCUT2D eigenvalue weighted by Gasteiger charge is 2.18. The summed E-state index contributed by atoms with van der Waals surface area (Å²) in [6, 6.07) is 3.91. The highest BCUT2D eigenvalue weighted by molar-refractivity contribution is 8.02. The molecule has 80 valence electrons. The van der Waals surface area contributed by atoms with Crippen LogP contribution in [0, 0.1) is 22.7 Å². The molecular formula is C10H14N4S.